The van der Waals surface area contributed by atoms with Gasteiger partial charge in [-0.25, -0.2) is 8.42 Å². The van der Waals surface area contributed by atoms with Gasteiger partial charge in [0.1, 0.15) is 9.60 Å². The Labute approximate surface area is 151 Å². The molecular weight excluding hydrogens is 388 g/mol. The number of piperazine rings is 1. The third-order valence-electron chi connectivity index (χ3n) is 3.99. The van der Waals surface area contributed by atoms with E-state index in [2.05, 4.69) is 20.2 Å². The highest BCUT2D eigenvalue weighted by Gasteiger charge is 2.30. The van der Waals surface area contributed by atoms with Crippen LogP contribution < -0.4 is 10.5 Å². The lowest BCUT2D eigenvalue weighted by molar-refractivity contribution is 0.383. The second kappa shape index (κ2) is 6.09. The highest BCUT2D eigenvalue weighted by atomic mass is 35.5. The second-order valence-corrected chi connectivity index (χ2v) is 9.35. The zero-order chi connectivity index (χ0) is 17.6. The first-order valence-electron chi connectivity index (χ1n) is 7.39. The number of halogens is 1. The van der Waals surface area contributed by atoms with Crippen LogP contribution in [0.1, 0.15) is 0 Å². The number of nitrogens with zero attached hydrogens (tertiary/aromatic N) is 4. The topological polar surface area (TPSA) is 115 Å². The van der Waals surface area contributed by atoms with Crippen molar-refractivity contribution < 1.29 is 8.42 Å². The predicted octanol–water partition coefficient (Wildman–Crippen LogP) is 0.872. The molecule has 3 aromatic heterocycles. The Kier molecular flexibility index (Phi) is 4.02. The lowest BCUT2D eigenvalue weighted by Gasteiger charge is -2.33. The van der Waals surface area contributed by atoms with Gasteiger partial charge in [0.25, 0.3) is 15.6 Å². The fraction of sp³-hybridized carbons (Fsp3) is 0.308. The van der Waals surface area contributed by atoms with Crippen LogP contribution in [0.5, 0.6) is 0 Å². The molecule has 1 aliphatic rings. The normalized spacial score (nSPS) is 16.6. The van der Waals surface area contributed by atoms with Crippen molar-refractivity contribution in [2.45, 2.75) is 4.21 Å². The van der Waals surface area contributed by atoms with Gasteiger partial charge in [-0.2, -0.15) is 14.4 Å². The van der Waals surface area contributed by atoms with E-state index in [9.17, 15) is 13.2 Å². The Balaban J connectivity index is 1.53. The van der Waals surface area contributed by atoms with Gasteiger partial charge < -0.3 is 4.90 Å². The average molecular weight is 401 g/mol. The standard InChI is InChI=1S/C13H13ClN6O3S2/c14-9-1-2-10(24-9)25(22,23)20-5-3-19(4-6-20)13-16-11-8(7-15-18-11)12(21)17-13/h1-2,7H,3-6H2,(H2,15,16,17,18,21). The van der Waals surface area contributed by atoms with Crippen LogP contribution in [0, 0.1) is 0 Å². The molecule has 0 unspecified atom stereocenters. The first-order valence-corrected chi connectivity index (χ1v) is 10.0. The van der Waals surface area contributed by atoms with Crippen molar-refractivity contribution in [3.63, 3.8) is 0 Å². The van der Waals surface area contributed by atoms with Gasteiger partial charge >= 0.3 is 0 Å². The number of H-pyrrole nitrogens is 2. The number of fused-ring (bicyclic) bond motifs is 1. The summed E-state index contributed by atoms with van der Waals surface area (Å²) in [6, 6.07) is 3.09. The first-order chi connectivity index (χ1) is 11.9. The van der Waals surface area contributed by atoms with Crippen LogP contribution in [0.15, 0.2) is 27.3 Å². The van der Waals surface area contributed by atoms with Crippen LogP contribution in [-0.4, -0.2) is 59.1 Å². The summed E-state index contributed by atoms with van der Waals surface area (Å²) in [4.78, 5) is 20.9. The van der Waals surface area contributed by atoms with Gasteiger partial charge in [0.15, 0.2) is 5.65 Å². The Morgan fingerprint density at radius 3 is 2.64 bits per heavy atom. The molecule has 2 N–H and O–H groups in total. The van der Waals surface area contributed by atoms with Crippen molar-refractivity contribution in [2.75, 3.05) is 31.1 Å². The predicted molar refractivity (Wildman–Crippen MR) is 94.8 cm³/mol. The zero-order valence-electron chi connectivity index (χ0n) is 12.8. The van der Waals surface area contributed by atoms with Crippen molar-refractivity contribution in [2.24, 2.45) is 0 Å². The van der Waals surface area contributed by atoms with Crippen LogP contribution in [-0.2, 0) is 10.0 Å². The molecule has 0 radical (unpaired) electrons. The summed E-state index contributed by atoms with van der Waals surface area (Å²) in [5, 5.41) is 6.87. The summed E-state index contributed by atoms with van der Waals surface area (Å²) >= 11 is 6.88. The molecule has 0 aromatic carbocycles. The molecule has 0 amide bonds. The van der Waals surface area contributed by atoms with Crippen LogP contribution in [0.25, 0.3) is 11.0 Å². The Morgan fingerprint density at radius 2 is 1.96 bits per heavy atom. The highest BCUT2D eigenvalue weighted by Crippen LogP contribution is 2.28. The molecule has 1 fully saturated rings. The SMILES string of the molecule is O=c1[nH]c(N2CCN(S(=O)(=O)c3ccc(Cl)s3)CC2)nc2[nH]ncc12. The van der Waals surface area contributed by atoms with E-state index in [0.29, 0.717) is 47.5 Å². The monoisotopic (exact) mass is 400 g/mol. The van der Waals surface area contributed by atoms with E-state index >= 15 is 0 Å². The van der Waals surface area contributed by atoms with E-state index in [1.165, 1.54) is 16.6 Å². The number of sulfonamides is 1. The van der Waals surface area contributed by atoms with Gasteiger partial charge in [0.05, 0.1) is 10.5 Å². The van der Waals surface area contributed by atoms with Gasteiger partial charge in [0.2, 0.25) is 5.95 Å². The maximum absolute atomic E-state index is 12.6. The lowest BCUT2D eigenvalue weighted by atomic mass is 10.4. The van der Waals surface area contributed by atoms with E-state index in [4.69, 9.17) is 11.6 Å². The molecule has 0 atom stereocenters. The third-order valence-corrected chi connectivity index (χ3v) is 7.58. The maximum atomic E-state index is 12.6. The molecule has 0 spiro atoms. The van der Waals surface area contributed by atoms with Gasteiger partial charge in [-0.05, 0) is 12.1 Å². The number of thiophene rings is 1. The largest absolute Gasteiger partial charge is 0.340 e. The Morgan fingerprint density at radius 1 is 1.20 bits per heavy atom. The minimum Gasteiger partial charge on any atom is -0.340 e. The van der Waals surface area contributed by atoms with Gasteiger partial charge in [-0.15, -0.1) is 11.3 Å². The molecule has 0 saturated carbocycles. The summed E-state index contributed by atoms with van der Waals surface area (Å²) < 4.78 is 27.3. The highest BCUT2D eigenvalue weighted by molar-refractivity contribution is 7.91. The quantitative estimate of drug-likeness (QED) is 0.674. The van der Waals surface area contributed by atoms with E-state index in [-0.39, 0.29) is 9.77 Å². The van der Waals surface area contributed by atoms with Crippen LogP contribution in [0.4, 0.5) is 5.95 Å². The second-order valence-electron chi connectivity index (χ2n) is 5.47. The smallest absolute Gasteiger partial charge is 0.263 e. The summed E-state index contributed by atoms with van der Waals surface area (Å²) in [5.41, 5.74) is 0.124. The summed E-state index contributed by atoms with van der Waals surface area (Å²) in [6.45, 7) is 1.42. The minimum atomic E-state index is -3.55. The van der Waals surface area contributed by atoms with Crippen molar-refractivity contribution in [1.29, 1.82) is 0 Å². The Hall–Kier alpha value is -1.95. The average Bonchev–Trinajstić information content (AvgIpc) is 3.24. The third kappa shape index (κ3) is 2.92. The van der Waals surface area contributed by atoms with E-state index in [1.54, 1.807) is 6.07 Å². The lowest BCUT2D eigenvalue weighted by Crippen LogP contribution is -2.49. The van der Waals surface area contributed by atoms with Gasteiger partial charge in [0, 0.05) is 26.2 Å². The number of aromatic amines is 2. The number of aromatic nitrogens is 4. The molecule has 9 nitrogen and oxygen atoms in total. The van der Waals surface area contributed by atoms with E-state index < -0.39 is 10.0 Å². The van der Waals surface area contributed by atoms with E-state index in [0.717, 1.165) is 11.3 Å². The first kappa shape index (κ1) is 16.5. The molecule has 1 saturated heterocycles. The molecule has 132 valence electrons. The minimum absolute atomic E-state index is 0.233. The fourth-order valence-corrected chi connectivity index (χ4v) is 5.75. The van der Waals surface area contributed by atoms with Gasteiger partial charge in [-0.3, -0.25) is 14.9 Å². The number of nitrogens with one attached hydrogen (secondary N) is 2. The molecule has 0 bridgehead atoms. The number of anilines is 1. The number of hydrogen-bond acceptors (Lipinski definition) is 7. The van der Waals surface area contributed by atoms with Gasteiger partial charge in [-0.1, -0.05) is 11.6 Å². The molecule has 12 heteroatoms. The molecule has 3 aromatic rings. The molecule has 1 aliphatic heterocycles. The Bertz CT molecular complexity index is 1080. The summed E-state index contributed by atoms with van der Waals surface area (Å²) in [5.74, 6) is 0.401. The van der Waals surface area contributed by atoms with Crippen molar-refractivity contribution in [3.8, 4) is 0 Å². The molecule has 0 aliphatic carbocycles. The fourth-order valence-electron chi connectivity index (χ4n) is 2.69. The van der Waals surface area contributed by atoms with Crippen molar-refractivity contribution in [1.82, 2.24) is 24.5 Å². The summed E-state index contributed by atoms with van der Waals surface area (Å²) in [7, 11) is -3.55. The summed E-state index contributed by atoms with van der Waals surface area (Å²) in [6.07, 6.45) is 1.42. The van der Waals surface area contributed by atoms with Crippen LogP contribution >= 0.6 is 22.9 Å². The van der Waals surface area contributed by atoms with Crippen molar-refractivity contribution >= 4 is 49.9 Å². The van der Waals surface area contributed by atoms with Crippen LogP contribution in [0.3, 0.4) is 0 Å². The molecule has 4 rings (SSSR count). The molecular formula is C13H13ClN6O3S2. The zero-order valence-corrected chi connectivity index (χ0v) is 15.2. The van der Waals surface area contributed by atoms with E-state index in [1.807, 2.05) is 4.90 Å². The van der Waals surface area contributed by atoms with Crippen LogP contribution in [0.2, 0.25) is 4.34 Å². The number of hydrogen-bond donors (Lipinski definition) is 2. The number of rotatable bonds is 3. The maximum Gasteiger partial charge on any atom is 0.263 e. The molecule has 25 heavy (non-hydrogen) atoms. The van der Waals surface area contributed by atoms with Crippen molar-refractivity contribution in [3.05, 3.63) is 33.0 Å². The molecule has 4 heterocycles.